The summed E-state index contributed by atoms with van der Waals surface area (Å²) in [6.07, 6.45) is 0. The molecule has 3 aromatic carbocycles. The monoisotopic (exact) mass is 388 g/mol. The number of rotatable bonds is 6. The van der Waals surface area contributed by atoms with Crippen LogP contribution in [0.4, 0.5) is 5.69 Å². The first-order chi connectivity index (χ1) is 14.0. The standard InChI is InChI=1S/C24H24N2O3/c1-16-6-4-7-18(12-16)15-29-21-9-5-8-19(14-21)24(28)26-22-11-10-20(13-17(22)2)23(27)25-3/h4-14H,15H2,1-3H3,(H,25,27)(H,26,28). The summed E-state index contributed by atoms with van der Waals surface area (Å²) < 4.78 is 5.84. The van der Waals surface area contributed by atoms with Crippen molar-refractivity contribution in [1.29, 1.82) is 0 Å². The fraction of sp³-hybridized carbons (Fsp3) is 0.167. The molecule has 0 atom stereocenters. The van der Waals surface area contributed by atoms with Crippen molar-refractivity contribution in [3.8, 4) is 5.75 Å². The van der Waals surface area contributed by atoms with E-state index >= 15 is 0 Å². The zero-order valence-electron chi connectivity index (χ0n) is 16.8. The van der Waals surface area contributed by atoms with E-state index in [9.17, 15) is 9.59 Å². The van der Waals surface area contributed by atoms with E-state index in [4.69, 9.17) is 4.74 Å². The zero-order valence-corrected chi connectivity index (χ0v) is 16.8. The highest BCUT2D eigenvalue weighted by Gasteiger charge is 2.11. The Balaban J connectivity index is 1.68. The van der Waals surface area contributed by atoms with Crippen LogP contribution in [0.2, 0.25) is 0 Å². The molecular weight excluding hydrogens is 364 g/mol. The van der Waals surface area contributed by atoms with Gasteiger partial charge in [0.05, 0.1) is 0 Å². The van der Waals surface area contributed by atoms with Crippen molar-refractivity contribution in [3.05, 3.63) is 94.5 Å². The second-order valence-electron chi connectivity index (χ2n) is 6.87. The fourth-order valence-corrected chi connectivity index (χ4v) is 2.98. The Bertz CT molecular complexity index is 1040. The Morgan fingerprint density at radius 1 is 0.862 bits per heavy atom. The van der Waals surface area contributed by atoms with Gasteiger partial charge < -0.3 is 15.4 Å². The molecular formula is C24H24N2O3. The summed E-state index contributed by atoms with van der Waals surface area (Å²) in [6, 6.07) is 20.4. The molecule has 2 N–H and O–H groups in total. The summed E-state index contributed by atoms with van der Waals surface area (Å²) in [7, 11) is 1.58. The van der Waals surface area contributed by atoms with Crippen molar-refractivity contribution in [2.24, 2.45) is 0 Å². The molecule has 0 aromatic heterocycles. The van der Waals surface area contributed by atoms with E-state index < -0.39 is 0 Å². The molecule has 0 fully saturated rings. The molecule has 0 bridgehead atoms. The summed E-state index contributed by atoms with van der Waals surface area (Å²) in [4.78, 5) is 24.4. The molecule has 0 saturated carbocycles. The number of amides is 2. The van der Waals surface area contributed by atoms with Gasteiger partial charge in [0.1, 0.15) is 12.4 Å². The van der Waals surface area contributed by atoms with Crippen LogP contribution in [0.15, 0.2) is 66.7 Å². The van der Waals surface area contributed by atoms with Crippen LogP contribution in [0.3, 0.4) is 0 Å². The molecule has 0 spiro atoms. The molecule has 0 aliphatic carbocycles. The van der Waals surface area contributed by atoms with E-state index in [0.29, 0.717) is 29.2 Å². The predicted octanol–water partition coefficient (Wildman–Crippen LogP) is 4.49. The molecule has 3 aromatic rings. The van der Waals surface area contributed by atoms with Crippen molar-refractivity contribution in [1.82, 2.24) is 5.32 Å². The maximum absolute atomic E-state index is 12.7. The molecule has 0 unspecified atom stereocenters. The van der Waals surface area contributed by atoms with Crippen LogP contribution in [0.25, 0.3) is 0 Å². The lowest BCUT2D eigenvalue weighted by atomic mass is 10.1. The zero-order chi connectivity index (χ0) is 20.8. The van der Waals surface area contributed by atoms with Gasteiger partial charge in [0.15, 0.2) is 0 Å². The lowest BCUT2D eigenvalue weighted by Crippen LogP contribution is -2.18. The first-order valence-electron chi connectivity index (χ1n) is 9.39. The van der Waals surface area contributed by atoms with Gasteiger partial charge in [0.2, 0.25) is 0 Å². The van der Waals surface area contributed by atoms with E-state index in [1.54, 1.807) is 43.4 Å². The van der Waals surface area contributed by atoms with Gasteiger partial charge in [-0.2, -0.15) is 0 Å². The molecule has 0 aliphatic heterocycles. The maximum atomic E-state index is 12.7. The van der Waals surface area contributed by atoms with Crippen LogP contribution in [0.5, 0.6) is 5.75 Å². The fourth-order valence-electron chi connectivity index (χ4n) is 2.98. The number of nitrogens with one attached hydrogen (secondary N) is 2. The average Bonchev–Trinajstić information content (AvgIpc) is 2.73. The summed E-state index contributed by atoms with van der Waals surface area (Å²) in [5, 5.41) is 5.48. The minimum atomic E-state index is -0.234. The third-order valence-corrected chi connectivity index (χ3v) is 4.55. The van der Waals surface area contributed by atoms with Gasteiger partial charge in [-0.25, -0.2) is 0 Å². The van der Waals surface area contributed by atoms with Gasteiger partial charge in [-0.15, -0.1) is 0 Å². The van der Waals surface area contributed by atoms with Crippen molar-refractivity contribution >= 4 is 17.5 Å². The first-order valence-corrected chi connectivity index (χ1v) is 9.39. The van der Waals surface area contributed by atoms with E-state index in [1.807, 2.05) is 38.1 Å². The summed E-state index contributed by atoms with van der Waals surface area (Å²) >= 11 is 0. The largest absolute Gasteiger partial charge is 0.489 e. The van der Waals surface area contributed by atoms with E-state index in [2.05, 4.69) is 16.7 Å². The normalized spacial score (nSPS) is 10.3. The predicted molar refractivity (Wildman–Crippen MR) is 114 cm³/mol. The van der Waals surface area contributed by atoms with Crippen LogP contribution in [-0.2, 0) is 6.61 Å². The summed E-state index contributed by atoms with van der Waals surface area (Å²) in [6.45, 7) is 4.33. The highest BCUT2D eigenvalue weighted by molar-refractivity contribution is 6.05. The van der Waals surface area contributed by atoms with Gasteiger partial charge in [0, 0.05) is 23.9 Å². The van der Waals surface area contributed by atoms with Gasteiger partial charge >= 0.3 is 0 Å². The maximum Gasteiger partial charge on any atom is 0.255 e. The molecule has 0 radical (unpaired) electrons. The second-order valence-corrected chi connectivity index (χ2v) is 6.87. The molecule has 0 aliphatic rings. The van der Waals surface area contributed by atoms with Gasteiger partial charge in [-0.1, -0.05) is 35.9 Å². The minimum Gasteiger partial charge on any atom is -0.489 e. The average molecular weight is 388 g/mol. The Kier molecular flexibility index (Phi) is 6.29. The van der Waals surface area contributed by atoms with Gasteiger partial charge in [-0.3, -0.25) is 9.59 Å². The van der Waals surface area contributed by atoms with Gasteiger partial charge in [-0.05, 0) is 61.4 Å². The van der Waals surface area contributed by atoms with Crippen LogP contribution in [-0.4, -0.2) is 18.9 Å². The van der Waals surface area contributed by atoms with Crippen LogP contribution < -0.4 is 15.4 Å². The highest BCUT2D eigenvalue weighted by Crippen LogP contribution is 2.20. The van der Waals surface area contributed by atoms with Gasteiger partial charge in [0.25, 0.3) is 11.8 Å². The highest BCUT2D eigenvalue weighted by atomic mass is 16.5. The van der Waals surface area contributed by atoms with E-state index in [-0.39, 0.29) is 11.8 Å². The van der Waals surface area contributed by atoms with E-state index in [1.165, 1.54) is 5.56 Å². The Morgan fingerprint density at radius 2 is 1.62 bits per heavy atom. The summed E-state index contributed by atoms with van der Waals surface area (Å²) in [5.74, 6) is 0.233. The van der Waals surface area contributed by atoms with Crippen molar-refractivity contribution in [3.63, 3.8) is 0 Å². The lowest BCUT2D eigenvalue weighted by Gasteiger charge is -2.11. The number of hydrogen-bond acceptors (Lipinski definition) is 3. The molecule has 5 heteroatoms. The number of anilines is 1. The Hall–Kier alpha value is -3.60. The second kappa shape index (κ2) is 9.06. The third-order valence-electron chi connectivity index (χ3n) is 4.55. The SMILES string of the molecule is CNC(=O)c1ccc(NC(=O)c2cccc(OCc3cccc(C)c3)c2)c(C)c1. The van der Waals surface area contributed by atoms with Crippen molar-refractivity contribution in [2.45, 2.75) is 20.5 Å². The number of carbonyl (C=O) groups excluding carboxylic acids is 2. The summed E-state index contributed by atoms with van der Waals surface area (Å²) in [5.41, 5.74) is 4.78. The lowest BCUT2D eigenvalue weighted by molar-refractivity contribution is 0.0962. The van der Waals surface area contributed by atoms with E-state index in [0.717, 1.165) is 11.1 Å². The topological polar surface area (TPSA) is 67.4 Å². The number of carbonyl (C=O) groups is 2. The van der Waals surface area contributed by atoms with Crippen LogP contribution in [0, 0.1) is 13.8 Å². The third kappa shape index (κ3) is 5.23. The van der Waals surface area contributed by atoms with Crippen molar-refractivity contribution in [2.75, 3.05) is 12.4 Å². The van der Waals surface area contributed by atoms with Crippen molar-refractivity contribution < 1.29 is 14.3 Å². The molecule has 2 amide bonds. The molecule has 5 nitrogen and oxygen atoms in total. The molecule has 3 rings (SSSR count). The number of ether oxygens (including phenoxy) is 1. The quantitative estimate of drug-likeness (QED) is 0.654. The number of benzene rings is 3. The molecule has 0 saturated heterocycles. The molecule has 29 heavy (non-hydrogen) atoms. The minimum absolute atomic E-state index is 0.163. The first kappa shape index (κ1) is 20.1. The smallest absolute Gasteiger partial charge is 0.255 e. The Labute approximate surface area is 170 Å². The Morgan fingerprint density at radius 3 is 2.34 bits per heavy atom. The number of hydrogen-bond donors (Lipinski definition) is 2. The molecule has 148 valence electrons. The van der Waals surface area contributed by atoms with Crippen LogP contribution in [0.1, 0.15) is 37.4 Å². The van der Waals surface area contributed by atoms with Crippen LogP contribution >= 0.6 is 0 Å². The number of aryl methyl sites for hydroxylation is 2. The molecule has 0 heterocycles.